The average Bonchev–Trinajstić information content (AvgIpc) is 2.51. The molecule has 4 atom stereocenters. The molecule has 0 bridgehead atoms. The van der Waals surface area contributed by atoms with Crippen LogP contribution in [0.5, 0.6) is 0 Å². The monoisotopic (exact) mass is 277 g/mol. The van der Waals surface area contributed by atoms with Crippen LogP contribution >= 0.6 is 0 Å². The molecule has 0 aliphatic carbocycles. The zero-order valence-corrected chi connectivity index (χ0v) is 11.1. The van der Waals surface area contributed by atoms with Gasteiger partial charge in [0.05, 0.1) is 29.6 Å². The highest BCUT2D eigenvalue weighted by atomic mass is 32.2. The second-order valence-electron chi connectivity index (χ2n) is 5.36. The first-order valence-electron chi connectivity index (χ1n) is 6.17. The fourth-order valence-corrected chi connectivity index (χ4v) is 4.85. The summed E-state index contributed by atoms with van der Waals surface area (Å²) in [6.45, 7) is 2.43. The van der Waals surface area contributed by atoms with Crippen molar-refractivity contribution in [2.24, 2.45) is 5.92 Å². The van der Waals surface area contributed by atoms with Gasteiger partial charge in [-0.05, 0) is 26.3 Å². The van der Waals surface area contributed by atoms with Crippen molar-refractivity contribution < 1.29 is 23.4 Å². The molecule has 2 heterocycles. The number of carbonyl (C=O) groups is 1. The van der Waals surface area contributed by atoms with E-state index in [0.717, 1.165) is 0 Å². The Morgan fingerprint density at radius 3 is 2.44 bits per heavy atom. The molecule has 6 nitrogen and oxygen atoms in total. The smallest absolute Gasteiger partial charge is 0.306 e. The van der Waals surface area contributed by atoms with Gasteiger partial charge in [-0.15, -0.1) is 0 Å². The maximum absolute atomic E-state index is 11.5. The molecule has 0 radical (unpaired) electrons. The molecular formula is C11H19NO5S. The number of nitrogens with zero attached hydrogens (tertiary/aromatic N) is 1. The predicted octanol–water partition coefficient (Wildman–Crippen LogP) is -0.671. The van der Waals surface area contributed by atoms with Crippen LogP contribution in [0.15, 0.2) is 0 Å². The lowest BCUT2D eigenvalue weighted by atomic mass is 9.90. The van der Waals surface area contributed by atoms with Crippen molar-refractivity contribution in [3.05, 3.63) is 0 Å². The first-order chi connectivity index (χ1) is 8.30. The largest absolute Gasteiger partial charge is 0.481 e. The van der Waals surface area contributed by atoms with Crippen LogP contribution in [0.25, 0.3) is 0 Å². The number of aliphatic carboxylic acids is 1. The fourth-order valence-electron chi connectivity index (χ4n) is 3.03. The Kier molecular flexibility index (Phi) is 3.66. The summed E-state index contributed by atoms with van der Waals surface area (Å²) in [4.78, 5) is 12.9. The third-order valence-corrected chi connectivity index (χ3v) is 5.70. The maximum Gasteiger partial charge on any atom is 0.306 e. The van der Waals surface area contributed by atoms with E-state index >= 15 is 0 Å². The SMILES string of the molecule is CC1CC(C(=O)O)CCN1C1CS(=O)(=O)CC1O. The molecule has 0 aromatic rings. The van der Waals surface area contributed by atoms with Gasteiger partial charge in [0.1, 0.15) is 0 Å². The van der Waals surface area contributed by atoms with Crippen LogP contribution in [-0.4, -0.2) is 65.7 Å². The van der Waals surface area contributed by atoms with Crippen LogP contribution in [0, 0.1) is 5.92 Å². The summed E-state index contributed by atoms with van der Waals surface area (Å²) in [5.74, 6) is -1.34. The minimum absolute atomic E-state index is 0.00667. The minimum atomic E-state index is -3.16. The second-order valence-corrected chi connectivity index (χ2v) is 7.51. The number of aliphatic hydroxyl groups excluding tert-OH is 1. The first-order valence-corrected chi connectivity index (χ1v) is 7.99. The van der Waals surface area contributed by atoms with Crippen LogP contribution < -0.4 is 0 Å². The van der Waals surface area contributed by atoms with Gasteiger partial charge in [-0.25, -0.2) is 8.42 Å². The highest BCUT2D eigenvalue weighted by molar-refractivity contribution is 7.91. The number of hydrogen-bond acceptors (Lipinski definition) is 5. The van der Waals surface area contributed by atoms with Crippen molar-refractivity contribution >= 4 is 15.8 Å². The summed E-state index contributed by atoms with van der Waals surface area (Å²) in [5, 5.41) is 18.8. The molecule has 2 fully saturated rings. The molecule has 2 saturated heterocycles. The number of carboxylic acids is 1. The van der Waals surface area contributed by atoms with Crippen LogP contribution in [0.4, 0.5) is 0 Å². The van der Waals surface area contributed by atoms with Gasteiger partial charge in [-0.3, -0.25) is 9.69 Å². The van der Waals surface area contributed by atoms with Gasteiger partial charge in [-0.1, -0.05) is 0 Å². The first kappa shape index (κ1) is 13.8. The number of aliphatic hydroxyl groups is 1. The number of rotatable bonds is 2. The molecule has 2 aliphatic heterocycles. The minimum Gasteiger partial charge on any atom is -0.481 e. The summed E-state index contributed by atoms with van der Waals surface area (Å²) >= 11 is 0. The lowest BCUT2D eigenvalue weighted by molar-refractivity contribution is -0.144. The molecular weight excluding hydrogens is 258 g/mol. The molecule has 4 unspecified atom stereocenters. The molecule has 2 rings (SSSR count). The van der Waals surface area contributed by atoms with Crippen molar-refractivity contribution in [2.75, 3.05) is 18.1 Å². The van der Waals surface area contributed by atoms with E-state index in [1.807, 2.05) is 11.8 Å². The number of carboxylic acid groups (broad SMARTS) is 1. The number of hydrogen-bond donors (Lipinski definition) is 2. The second kappa shape index (κ2) is 4.79. The van der Waals surface area contributed by atoms with Crippen molar-refractivity contribution in [3.63, 3.8) is 0 Å². The Balaban J connectivity index is 2.05. The standard InChI is InChI=1S/C11H19NO5S/c1-7-4-8(11(14)15)2-3-12(7)9-5-18(16,17)6-10(9)13/h7-10,13H,2-6H2,1H3,(H,14,15). The molecule has 7 heteroatoms. The molecule has 18 heavy (non-hydrogen) atoms. The topological polar surface area (TPSA) is 94.9 Å². The molecule has 0 saturated carbocycles. The Morgan fingerprint density at radius 1 is 1.33 bits per heavy atom. The van der Waals surface area contributed by atoms with Crippen LogP contribution in [0.2, 0.25) is 0 Å². The van der Waals surface area contributed by atoms with Gasteiger partial charge in [0.15, 0.2) is 9.84 Å². The third-order valence-electron chi connectivity index (χ3n) is 4.00. The normalized spacial score (nSPS) is 40.8. The Labute approximate surface area is 107 Å². The summed E-state index contributed by atoms with van der Waals surface area (Å²) < 4.78 is 23.0. The fraction of sp³-hybridized carbons (Fsp3) is 0.909. The van der Waals surface area contributed by atoms with E-state index in [4.69, 9.17) is 5.11 Å². The number of sulfone groups is 1. The Morgan fingerprint density at radius 2 is 2.00 bits per heavy atom. The highest BCUT2D eigenvalue weighted by Gasteiger charge is 2.43. The van der Waals surface area contributed by atoms with E-state index in [0.29, 0.717) is 19.4 Å². The van der Waals surface area contributed by atoms with Gasteiger partial charge in [-0.2, -0.15) is 0 Å². The lowest BCUT2D eigenvalue weighted by Gasteiger charge is -2.40. The molecule has 0 aromatic carbocycles. The van der Waals surface area contributed by atoms with E-state index in [2.05, 4.69) is 0 Å². The van der Waals surface area contributed by atoms with Crippen molar-refractivity contribution in [3.8, 4) is 0 Å². The van der Waals surface area contributed by atoms with Gasteiger partial charge >= 0.3 is 5.97 Å². The summed E-state index contributed by atoms with van der Waals surface area (Å²) in [6, 6.07) is -0.382. The molecule has 2 aliphatic rings. The Bertz CT molecular complexity index is 435. The maximum atomic E-state index is 11.5. The molecule has 0 amide bonds. The van der Waals surface area contributed by atoms with Gasteiger partial charge < -0.3 is 10.2 Å². The van der Waals surface area contributed by atoms with E-state index < -0.39 is 21.9 Å². The van der Waals surface area contributed by atoms with Crippen LogP contribution in [0.3, 0.4) is 0 Å². The zero-order valence-electron chi connectivity index (χ0n) is 10.3. The molecule has 104 valence electrons. The van der Waals surface area contributed by atoms with Crippen molar-refractivity contribution in [1.82, 2.24) is 4.90 Å². The third kappa shape index (κ3) is 2.67. The van der Waals surface area contributed by atoms with E-state index in [9.17, 15) is 18.3 Å². The number of likely N-dealkylation sites (tertiary alicyclic amines) is 1. The van der Waals surface area contributed by atoms with Crippen molar-refractivity contribution in [2.45, 2.75) is 38.0 Å². The van der Waals surface area contributed by atoms with Gasteiger partial charge in [0.2, 0.25) is 0 Å². The average molecular weight is 277 g/mol. The summed E-state index contributed by atoms with van der Waals surface area (Å²) in [5.41, 5.74) is 0. The van der Waals surface area contributed by atoms with Crippen molar-refractivity contribution in [1.29, 1.82) is 0 Å². The summed E-state index contributed by atoms with van der Waals surface area (Å²) in [7, 11) is -3.16. The van der Waals surface area contributed by atoms with E-state index in [1.54, 1.807) is 0 Å². The van der Waals surface area contributed by atoms with Crippen LogP contribution in [-0.2, 0) is 14.6 Å². The van der Waals surface area contributed by atoms with E-state index in [-0.39, 0.29) is 29.5 Å². The molecule has 0 aromatic heterocycles. The van der Waals surface area contributed by atoms with Gasteiger partial charge in [0.25, 0.3) is 0 Å². The quantitative estimate of drug-likeness (QED) is 0.695. The van der Waals surface area contributed by atoms with Crippen LogP contribution in [0.1, 0.15) is 19.8 Å². The molecule has 2 N–H and O–H groups in total. The Hall–Kier alpha value is -0.660. The van der Waals surface area contributed by atoms with Gasteiger partial charge in [0, 0.05) is 6.04 Å². The lowest BCUT2D eigenvalue weighted by Crippen LogP contribution is -2.52. The number of piperidine rings is 1. The molecule has 0 spiro atoms. The predicted molar refractivity (Wildman–Crippen MR) is 65.0 cm³/mol. The van der Waals surface area contributed by atoms with E-state index in [1.165, 1.54) is 0 Å². The highest BCUT2D eigenvalue weighted by Crippen LogP contribution is 2.29. The zero-order chi connectivity index (χ0) is 13.5. The summed E-state index contributed by atoms with van der Waals surface area (Å²) in [6.07, 6.45) is 0.181.